The summed E-state index contributed by atoms with van der Waals surface area (Å²) in [6.07, 6.45) is 4.28. The number of fused-ring (bicyclic) bond motifs is 1. The highest BCUT2D eigenvalue weighted by atomic mass is 19.4. The minimum atomic E-state index is -4.58. The third-order valence-electron chi connectivity index (χ3n) is 8.13. The molecule has 0 bridgehead atoms. The number of aromatic nitrogens is 5. The Hall–Kier alpha value is -3.40. The molecule has 2 atom stereocenters. The molecule has 4 heterocycles. The van der Waals surface area contributed by atoms with Crippen molar-refractivity contribution in [3.63, 3.8) is 0 Å². The highest BCUT2D eigenvalue weighted by Crippen LogP contribution is 2.43. The van der Waals surface area contributed by atoms with E-state index in [9.17, 15) is 18.0 Å². The van der Waals surface area contributed by atoms with Crippen LogP contribution in [0.25, 0.3) is 11.2 Å². The van der Waals surface area contributed by atoms with Crippen LogP contribution in [0.4, 0.5) is 13.2 Å². The van der Waals surface area contributed by atoms with E-state index >= 15 is 0 Å². The van der Waals surface area contributed by atoms with Gasteiger partial charge < -0.3 is 4.57 Å². The number of alkyl halides is 3. The maximum Gasteiger partial charge on any atom is 0.418 e. The summed E-state index contributed by atoms with van der Waals surface area (Å²) >= 11 is 0. The molecule has 0 N–H and O–H groups in total. The molecule has 6 rings (SSSR count). The Morgan fingerprint density at radius 1 is 1.14 bits per heavy atom. The molecule has 1 aliphatic carbocycles. The van der Waals surface area contributed by atoms with Gasteiger partial charge in [0.2, 0.25) is 0 Å². The maximum absolute atomic E-state index is 14.1. The molecule has 10 heteroatoms. The van der Waals surface area contributed by atoms with Crippen LogP contribution >= 0.6 is 0 Å². The zero-order valence-electron chi connectivity index (χ0n) is 20.8. The Morgan fingerprint density at radius 2 is 1.95 bits per heavy atom. The topological polar surface area (TPSA) is 60.4 Å². The molecule has 194 valence electrons. The number of rotatable bonds is 6. The molecule has 0 amide bonds. The van der Waals surface area contributed by atoms with E-state index in [1.807, 2.05) is 29.8 Å². The molecule has 1 aliphatic heterocycles. The first kappa shape index (κ1) is 24.0. The van der Waals surface area contributed by atoms with E-state index in [0.29, 0.717) is 29.8 Å². The lowest BCUT2D eigenvalue weighted by Crippen LogP contribution is -2.44. The SMILES string of the molecule is C[C@@H]1CCN1Cc1cc(C(F)(F)F)c2cn(-c3cccc([C@H](c4nncn4C)C4CCC4)c3)c(=O)n2c1. The van der Waals surface area contributed by atoms with Crippen LogP contribution in [0.1, 0.15) is 61.0 Å². The molecule has 1 saturated carbocycles. The van der Waals surface area contributed by atoms with Crippen LogP contribution in [0.2, 0.25) is 0 Å². The van der Waals surface area contributed by atoms with Crippen molar-refractivity contribution < 1.29 is 13.2 Å². The first-order chi connectivity index (χ1) is 17.7. The van der Waals surface area contributed by atoms with E-state index in [1.54, 1.807) is 18.6 Å². The van der Waals surface area contributed by atoms with Crippen LogP contribution in [-0.4, -0.2) is 41.2 Å². The minimum Gasteiger partial charge on any atom is -0.320 e. The lowest BCUT2D eigenvalue weighted by Gasteiger charge is -2.38. The minimum absolute atomic E-state index is 0.00443. The van der Waals surface area contributed by atoms with Gasteiger partial charge in [0.25, 0.3) is 0 Å². The normalized spacial score (nSPS) is 19.6. The molecule has 7 nitrogen and oxygen atoms in total. The number of nitrogens with zero attached hydrogens (tertiary/aromatic N) is 6. The maximum atomic E-state index is 14.1. The van der Waals surface area contributed by atoms with Crippen molar-refractivity contribution in [2.75, 3.05) is 6.54 Å². The summed E-state index contributed by atoms with van der Waals surface area (Å²) in [6.45, 7) is 3.28. The molecule has 0 spiro atoms. The second-order valence-electron chi connectivity index (χ2n) is 10.5. The van der Waals surface area contributed by atoms with Crippen LogP contribution in [0.15, 0.2) is 53.8 Å². The fourth-order valence-electron chi connectivity index (χ4n) is 5.63. The molecule has 37 heavy (non-hydrogen) atoms. The van der Waals surface area contributed by atoms with Gasteiger partial charge in [-0.15, -0.1) is 10.2 Å². The Morgan fingerprint density at radius 3 is 2.54 bits per heavy atom. The number of hydrogen-bond donors (Lipinski definition) is 0. The monoisotopic (exact) mass is 510 g/mol. The van der Waals surface area contributed by atoms with Crippen LogP contribution in [0.3, 0.4) is 0 Å². The van der Waals surface area contributed by atoms with Crippen LogP contribution in [0, 0.1) is 5.92 Å². The summed E-state index contributed by atoms with van der Waals surface area (Å²) in [5, 5.41) is 8.40. The summed E-state index contributed by atoms with van der Waals surface area (Å²) in [7, 11) is 1.91. The van der Waals surface area contributed by atoms with Crippen molar-refractivity contribution in [2.45, 2.75) is 57.3 Å². The predicted molar refractivity (Wildman–Crippen MR) is 133 cm³/mol. The van der Waals surface area contributed by atoms with Gasteiger partial charge in [0.15, 0.2) is 0 Å². The largest absolute Gasteiger partial charge is 0.418 e. The standard InChI is InChI=1S/C27H29F3N6O/c1-17-9-10-34(17)13-18-11-22(27(28,29)30)23-15-35(26(37)36(23)14-18)21-8-4-7-20(12-21)24(19-5-3-6-19)25-32-31-16-33(25)2/h4,7-8,11-12,14-17,19,24H,3,5-6,9-10,13H2,1-2H3/t17-,24-/m1/s1. The Balaban J connectivity index is 1.45. The van der Waals surface area contributed by atoms with Gasteiger partial charge in [-0.3, -0.25) is 13.9 Å². The molecule has 2 aliphatic rings. The molecule has 0 unspecified atom stereocenters. The van der Waals surface area contributed by atoms with Crippen LogP contribution in [-0.2, 0) is 19.8 Å². The number of aryl methyl sites for hydroxylation is 1. The summed E-state index contributed by atoms with van der Waals surface area (Å²) in [4.78, 5) is 15.6. The molecule has 2 fully saturated rings. The lowest BCUT2D eigenvalue weighted by atomic mass is 9.72. The van der Waals surface area contributed by atoms with Gasteiger partial charge >= 0.3 is 11.9 Å². The van der Waals surface area contributed by atoms with Crippen molar-refractivity contribution >= 4 is 5.52 Å². The van der Waals surface area contributed by atoms with Crippen molar-refractivity contribution in [2.24, 2.45) is 13.0 Å². The van der Waals surface area contributed by atoms with Crippen molar-refractivity contribution in [1.82, 2.24) is 28.6 Å². The molecular formula is C27H29F3N6O. The van der Waals surface area contributed by atoms with Gasteiger partial charge in [-0.2, -0.15) is 13.2 Å². The van der Waals surface area contributed by atoms with Gasteiger partial charge in [-0.05, 0) is 61.4 Å². The average Bonchev–Trinajstić information content (AvgIpc) is 3.40. The van der Waals surface area contributed by atoms with Crippen LogP contribution < -0.4 is 5.69 Å². The van der Waals surface area contributed by atoms with E-state index in [-0.39, 0.29) is 11.4 Å². The first-order valence-electron chi connectivity index (χ1n) is 12.7. The van der Waals surface area contributed by atoms with E-state index < -0.39 is 17.4 Å². The molecule has 4 aromatic rings. The van der Waals surface area contributed by atoms with Gasteiger partial charge in [0.1, 0.15) is 12.2 Å². The smallest absolute Gasteiger partial charge is 0.320 e. The Kier molecular flexibility index (Phi) is 5.74. The fourth-order valence-corrected chi connectivity index (χ4v) is 5.63. The van der Waals surface area contributed by atoms with E-state index in [4.69, 9.17) is 0 Å². The van der Waals surface area contributed by atoms with Crippen molar-refractivity contribution in [3.8, 4) is 5.69 Å². The van der Waals surface area contributed by atoms with Gasteiger partial charge in [0, 0.05) is 44.5 Å². The zero-order chi connectivity index (χ0) is 25.9. The Labute approximate surface area is 212 Å². The van der Waals surface area contributed by atoms with Crippen LogP contribution in [0.5, 0.6) is 0 Å². The summed E-state index contributed by atoms with van der Waals surface area (Å²) in [6, 6.07) is 9.01. The quantitative estimate of drug-likeness (QED) is 0.375. The summed E-state index contributed by atoms with van der Waals surface area (Å²) in [5.41, 5.74) is 0.527. The number of hydrogen-bond acceptors (Lipinski definition) is 4. The molecule has 1 aromatic carbocycles. The predicted octanol–water partition coefficient (Wildman–Crippen LogP) is 4.76. The van der Waals surface area contributed by atoms with Gasteiger partial charge in [-0.1, -0.05) is 18.6 Å². The highest BCUT2D eigenvalue weighted by Gasteiger charge is 2.36. The fraction of sp³-hybridized carbons (Fsp3) is 0.444. The van der Waals surface area contributed by atoms with E-state index in [1.165, 1.54) is 16.8 Å². The Bertz CT molecular complexity index is 1510. The lowest BCUT2D eigenvalue weighted by molar-refractivity contribution is -0.136. The number of halogens is 3. The first-order valence-corrected chi connectivity index (χ1v) is 12.7. The van der Waals surface area contributed by atoms with Crippen molar-refractivity contribution in [1.29, 1.82) is 0 Å². The zero-order valence-corrected chi connectivity index (χ0v) is 20.8. The van der Waals surface area contributed by atoms with E-state index in [0.717, 1.165) is 48.0 Å². The highest BCUT2D eigenvalue weighted by molar-refractivity contribution is 5.58. The molecule has 0 radical (unpaired) electrons. The van der Waals surface area contributed by atoms with Gasteiger partial charge in [0.05, 0.1) is 16.8 Å². The van der Waals surface area contributed by atoms with E-state index in [2.05, 4.69) is 22.0 Å². The number of imidazole rings is 1. The number of pyridine rings is 1. The molecular weight excluding hydrogens is 481 g/mol. The molecule has 3 aromatic heterocycles. The third-order valence-corrected chi connectivity index (χ3v) is 8.13. The number of likely N-dealkylation sites (tertiary alicyclic amines) is 1. The molecule has 1 saturated heterocycles. The summed E-state index contributed by atoms with van der Waals surface area (Å²) < 4.78 is 46.7. The van der Waals surface area contributed by atoms with Crippen molar-refractivity contribution in [3.05, 3.63) is 82.1 Å². The second-order valence-corrected chi connectivity index (χ2v) is 10.5. The summed E-state index contributed by atoms with van der Waals surface area (Å²) in [5.74, 6) is 1.26. The number of benzene rings is 1. The average molecular weight is 511 g/mol. The third kappa shape index (κ3) is 4.17. The second kappa shape index (κ2) is 8.86. The van der Waals surface area contributed by atoms with Gasteiger partial charge in [-0.25, -0.2) is 4.79 Å².